The molecule has 18 heavy (non-hydrogen) atoms. The Bertz CT molecular complexity index is 370. The van der Waals surface area contributed by atoms with Gasteiger partial charge in [-0.15, -0.1) is 0 Å². The lowest BCUT2D eigenvalue weighted by Crippen LogP contribution is -2.36. The van der Waals surface area contributed by atoms with Crippen molar-refractivity contribution in [1.29, 1.82) is 0 Å². The van der Waals surface area contributed by atoms with Crippen LogP contribution >= 0.6 is 0 Å². The van der Waals surface area contributed by atoms with E-state index < -0.39 is 8.56 Å². The van der Waals surface area contributed by atoms with Crippen LogP contribution in [0.4, 0.5) is 0 Å². The fraction of sp³-hybridized carbons (Fsp3) is 0.500. The molecule has 0 saturated carbocycles. The highest BCUT2D eigenvalue weighted by atomic mass is 28.4. The Balaban J connectivity index is 2.33. The number of carbonyl (C=O) groups is 1. The first-order valence-corrected chi connectivity index (χ1v) is 8.67. The van der Waals surface area contributed by atoms with E-state index >= 15 is 0 Å². The maximum atomic E-state index is 11.2. The highest BCUT2D eigenvalue weighted by Crippen LogP contribution is 2.10. The maximum absolute atomic E-state index is 11.2. The van der Waals surface area contributed by atoms with E-state index in [-0.39, 0.29) is 12.6 Å². The molecule has 0 radical (unpaired) electrons. The minimum Gasteiger partial charge on any atom is -0.464 e. The zero-order valence-electron chi connectivity index (χ0n) is 11.0. The summed E-state index contributed by atoms with van der Waals surface area (Å²) >= 11 is 0. The zero-order chi connectivity index (χ0) is 13.4. The molecule has 100 valence electrons. The molecule has 0 aliphatic rings. The van der Waals surface area contributed by atoms with Gasteiger partial charge in [-0.25, -0.2) is 4.79 Å². The average Bonchev–Trinajstić information content (AvgIpc) is 2.36. The van der Waals surface area contributed by atoms with Crippen LogP contribution in [0.5, 0.6) is 0 Å². The van der Waals surface area contributed by atoms with Crippen LogP contribution in [0.15, 0.2) is 24.5 Å². The molecule has 0 bridgehead atoms. The van der Waals surface area contributed by atoms with Gasteiger partial charge in [0.25, 0.3) is 0 Å². The lowest BCUT2D eigenvalue weighted by atomic mass is 10.3. The van der Waals surface area contributed by atoms with Gasteiger partial charge in [0.2, 0.25) is 0 Å². The van der Waals surface area contributed by atoms with Gasteiger partial charge in [-0.2, -0.15) is 0 Å². The summed E-state index contributed by atoms with van der Waals surface area (Å²) in [5.74, 6) is -0.358. The number of pyridine rings is 1. The van der Waals surface area contributed by atoms with Crippen molar-refractivity contribution in [3.63, 3.8) is 0 Å². The number of esters is 1. The van der Waals surface area contributed by atoms with Crippen LogP contribution in [0.3, 0.4) is 0 Å². The van der Waals surface area contributed by atoms with Crippen LogP contribution in [0.25, 0.3) is 0 Å². The van der Waals surface area contributed by atoms with E-state index in [1.165, 1.54) is 0 Å². The summed E-state index contributed by atoms with van der Waals surface area (Å²) in [4.78, 5) is 15.2. The number of nitrogens with zero attached hydrogens (tertiary/aromatic N) is 1. The summed E-state index contributed by atoms with van der Waals surface area (Å²) < 4.78 is 16.0. The fourth-order valence-corrected chi connectivity index (χ4v) is 2.28. The molecule has 0 amide bonds. The van der Waals surface area contributed by atoms with Crippen LogP contribution in [0.1, 0.15) is 12.5 Å². The number of hydrogen-bond donors (Lipinski definition) is 0. The molecule has 0 unspecified atom stereocenters. The number of carbonyl (C=O) groups excluding carboxylic acids is 1. The minimum atomic E-state index is -2.31. The van der Waals surface area contributed by atoms with Crippen molar-refractivity contribution in [3.05, 3.63) is 30.1 Å². The lowest BCUT2D eigenvalue weighted by molar-refractivity contribution is -0.146. The van der Waals surface area contributed by atoms with Gasteiger partial charge in [0.1, 0.15) is 6.61 Å². The van der Waals surface area contributed by atoms with E-state index in [9.17, 15) is 4.79 Å². The van der Waals surface area contributed by atoms with Crippen LogP contribution in [-0.2, 0) is 25.0 Å². The molecule has 0 spiro atoms. The van der Waals surface area contributed by atoms with E-state index in [2.05, 4.69) is 4.98 Å². The standard InChI is InChI=1S/C12H19NO4Si/c1-4-15-12(14)10-17-18(2,3)16-9-11-6-5-7-13-8-11/h5-8H,4,9-10H2,1-3H3. The van der Waals surface area contributed by atoms with Gasteiger partial charge < -0.3 is 13.6 Å². The number of rotatable bonds is 7. The smallest absolute Gasteiger partial charge is 0.332 e. The molecule has 1 aromatic heterocycles. The summed E-state index contributed by atoms with van der Waals surface area (Å²) in [6.07, 6.45) is 3.46. The third-order valence-corrected chi connectivity index (χ3v) is 3.83. The highest BCUT2D eigenvalue weighted by Gasteiger charge is 2.26. The predicted octanol–water partition coefficient (Wildman–Crippen LogP) is 1.88. The van der Waals surface area contributed by atoms with Crippen molar-refractivity contribution in [3.8, 4) is 0 Å². The molecule has 0 N–H and O–H groups in total. The van der Waals surface area contributed by atoms with Crippen LogP contribution in [-0.4, -0.2) is 32.7 Å². The molecule has 1 heterocycles. The molecule has 0 fully saturated rings. The van der Waals surface area contributed by atoms with Gasteiger partial charge in [0.05, 0.1) is 13.2 Å². The quantitative estimate of drug-likeness (QED) is 0.559. The van der Waals surface area contributed by atoms with Crippen molar-refractivity contribution in [1.82, 2.24) is 4.98 Å². The predicted molar refractivity (Wildman–Crippen MR) is 69.1 cm³/mol. The summed E-state index contributed by atoms with van der Waals surface area (Å²) in [5, 5.41) is 0. The topological polar surface area (TPSA) is 57.7 Å². The van der Waals surface area contributed by atoms with Crippen molar-refractivity contribution < 1.29 is 18.4 Å². The molecule has 1 aromatic rings. The lowest BCUT2D eigenvalue weighted by Gasteiger charge is -2.22. The Morgan fingerprint density at radius 2 is 2.17 bits per heavy atom. The van der Waals surface area contributed by atoms with Crippen molar-refractivity contribution in [2.24, 2.45) is 0 Å². The third kappa shape index (κ3) is 5.90. The van der Waals surface area contributed by atoms with Crippen LogP contribution in [0.2, 0.25) is 13.1 Å². The number of hydrogen-bond acceptors (Lipinski definition) is 5. The minimum absolute atomic E-state index is 0.0555. The summed E-state index contributed by atoms with van der Waals surface area (Å²) in [6, 6.07) is 3.79. The third-order valence-electron chi connectivity index (χ3n) is 2.15. The molecule has 1 rings (SSSR count). The Kier molecular flexibility index (Phi) is 5.97. The second-order valence-corrected chi connectivity index (χ2v) is 7.52. The van der Waals surface area contributed by atoms with Gasteiger partial charge in [-0.1, -0.05) is 6.07 Å². The molecule has 5 nitrogen and oxygen atoms in total. The monoisotopic (exact) mass is 269 g/mol. The van der Waals surface area contributed by atoms with Crippen molar-refractivity contribution in [2.75, 3.05) is 13.2 Å². The molecular formula is C12H19NO4Si. The van der Waals surface area contributed by atoms with Gasteiger partial charge in [0, 0.05) is 12.4 Å². The summed E-state index contributed by atoms with van der Waals surface area (Å²) in [7, 11) is -2.31. The van der Waals surface area contributed by atoms with Gasteiger partial charge in [-0.05, 0) is 31.6 Å². The van der Waals surface area contributed by atoms with E-state index in [0.29, 0.717) is 13.2 Å². The van der Waals surface area contributed by atoms with E-state index in [0.717, 1.165) is 5.56 Å². The van der Waals surface area contributed by atoms with E-state index in [4.69, 9.17) is 13.6 Å². The normalized spacial score (nSPS) is 11.3. The summed E-state index contributed by atoms with van der Waals surface area (Å²) in [6.45, 7) is 6.29. The average molecular weight is 269 g/mol. The van der Waals surface area contributed by atoms with E-state index in [1.54, 1.807) is 19.3 Å². The van der Waals surface area contributed by atoms with Gasteiger partial charge >= 0.3 is 14.5 Å². The Morgan fingerprint density at radius 3 is 2.78 bits per heavy atom. The van der Waals surface area contributed by atoms with Crippen molar-refractivity contribution >= 4 is 14.5 Å². The highest BCUT2D eigenvalue weighted by molar-refractivity contribution is 6.64. The molecule has 6 heteroatoms. The largest absolute Gasteiger partial charge is 0.464 e. The first-order chi connectivity index (χ1) is 8.53. The molecular weight excluding hydrogens is 250 g/mol. The van der Waals surface area contributed by atoms with Crippen molar-refractivity contribution in [2.45, 2.75) is 26.6 Å². The summed E-state index contributed by atoms with van der Waals surface area (Å²) in [5.41, 5.74) is 0.984. The molecule has 0 aliphatic carbocycles. The first kappa shape index (κ1) is 14.8. The molecule has 0 atom stereocenters. The SMILES string of the molecule is CCOC(=O)CO[Si](C)(C)OCc1cccnc1. The van der Waals surface area contributed by atoms with Crippen LogP contribution in [0, 0.1) is 0 Å². The number of ether oxygens (including phenoxy) is 1. The molecule has 0 saturated heterocycles. The molecule has 0 aliphatic heterocycles. The van der Waals surface area contributed by atoms with Gasteiger partial charge in [-0.3, -0.25) is 4.98 Å². The maximum Gasteiger partial charge on any atom is 0.332 e. The fourth-order valence-electron chi connectivity index (χ4n) is 1.22. The second-order valence-electron chi connectivity index (χ2n) is 4.14. The Hall–Kier alpha value is -1.24. The van der Waals surface area contributed by atoms with Gasteiger partial charge in [0.15, 0.2) is 0 Å². The van der Waals surface area contributed by atoms with Crippen LogP contribution < -0.4 is 0 Å². The Morgan fingerprint density at radius 1 is 1.39 bits per heavy atom. The molecule has 0 aromatic carbocycles. The zero-order valence-corrected chi connectivity index (χ0v) is 12.0. The first-order valence-electron chi connectivity index (χ1n) is 5.86. The Labute approximate surface area is 108 Å². The number of aromatic nitrogens is 1. The van der Waals surface area contributed by atoms with E-state index in [1.807, 2.05) is 25.2 Å². The second kappa shape index (κ2) is 7.25.